The number of nitrogens with one attached hydrogen (secondary N) is 1. The van der Waals surface area contributed by atoms with Crippen LogP contribution in [0.4, 0.5) is 11.8 Å². The minimum absolute atomic E-state index is 0.350. The third-order valence-electron chi connectivity index (χ3n) is 4.38. The standard InChI is InChI=1S/C17H24N8/c1-20-10-11(9-18)14-4-3-13-15(19)23-17(24-16(13)22-14)21-12-5-7-25(2)8-6-12/h3-4,9-10,12H,5-8,18H2,1-2H3,(H3,19,21,22,23,24)/b11-9+,20-10?. The molecule has 0 spiro atoms. The van der Waals surface area contributed by atoms with Gasteiger partial charge < -0.3 is 21.7 Å². The predicted octanol–water partition coefficient (Wildman–Crippen LogP) is 1.11. The molecule has 0 bridgehead atoms. The number of hydrogen-bond acceptors (Lipinski definition) is 8. The minimum Gasteiger partial charge on any atom is -0.404 e. The summed E-state index contributed by atoms with van der Waals surface area (Å²) in [6.07, 6.45) is 5.25. The fourth-order valence-electron chi connectivity index (χ4n) is 2.93. The van der Waals surface area contributed by atoms with Gasteiger partial charge in [-0.2, -0.15) is 9.97 Å². The molecule has 0 amide bonds. The Kier molecular flexibility index (Phi) is 5.08. The van der Waals surface area contributed by atoms with Gasteiger partial charge >= 0.3 is 0 Å². The Morgan fingerprint density at radius 3 is 2.72 bits per heavy atom. The van der Waals surface area contributed by atoms with Crippen molar-refractivity contribution in [1.29, 1.82) is 0 Å². The zero-order chi connectivity index (χ0) is 17.8. The van der Waals surface area contributed by atoms with E-state index in [0.29, 0.717) is 29.1 Å². The number of nitrogens with zero attached hydrogens (tertiary/aromatic N) is 5. The molecule has 25 heavy (non-hydrogen) atoms. The van der Waals surface area contributed by atoms with Gasteiger partial charge in [0.2, 0.25) is 5.95 Å². The van der Waals surface area contributed by atoms with Gasteiger partial charge in [-0.1, -0.05) is 0 Å². The van der Waals surface area contributed by atoms with Crippen molar-refractivity contribution >= 4 is 34.6 Å². The lowest BCUT2D eigenvalue weighted by molar-refractivity contribution is 0.263. The summed E-state index contributed by atoms with van der Waals surface area (Å²) in [6, 6.07) is 4.05. The number of nitrogen functional groups attached to an aromatic ring is 1. The molecule has 0 unspecified atom stereocenters. The van der Waals surface area contributed by atoms with Crippen LogP contribution in [0.1, 0.15) is 18.5 Å². The Bertz CT molecular complexity index is 806. The Hall–Kier alpha value is -2.74. The number of aliphatic imine (C=N–C) groups is 1. The highest BCUT2D eigenvalue weighted by Gasteiger charge is 2.18. The summed E-state index contributed by atoms with van der Waals surface area (Å²) in [4.78, 5) is 19.8. The van der Waals surface area contributed by atoms with Crippen molar-refractivity contribution in [2.75, 3.05) is 38.2 Å². The van der Waals surface area contributed by atoms with E-state index in [-0.39, 0.29) is 0 Å². The van der Waals surface area contributed by atoms with Crippen molar-refractivity contribution in [1.82, 2.24) is 19.9 Å². The van der Waals surface area contributed by atoms with E-state index >= 15 is 0 Å². The van der Waals surface area contributed by atoms with E-state index in [0.717, 1.165) is 36.9 Å². The SMILES string of the molecule is CN=C/C(=C\N)c1ccc2c(N)nc(NC3CCN(C)CC3)nc2n1. The lowest BCUT2D eigenvalue weighted by Gasteiger charge is -2.29. The van der Waals surface area contributed by atoms with Gasteiger partial charge in [-0.15, -0.1) is 0 Å². The summed E-state index contributed by atoms with van der Waals surface area (Å²) in [5.41, 5.74) is 13.7. The zero-order valence-corrected chi connectivity index (χ0v) is 14.6. The van der Waals surface area contributed by atoms with Crippen molar-refractivity contribution in [3.8, 4) is 0 Å². The number of nitrogens with two attached hydrogens (primary N) is 2. The van der Waals surface area contributed by atoms with Crippen molar-refractivity contribution in [3.05, 3.63) is 24.0 Å². The van der Waals surface area contributed by atoms with E-state index in [1.165, 1.54) is 6.20 Å². The summed E-state index contributed by atoms with van der Waals surface area (Å²) in [7, 11) is 3.82. The van der Waals surface area contributed by atoms with Crippen LogP contribution in [0, 0.1) is 0 Å². The molecule has 2 aromatic heterocycles. The van der Waals surface area contributed by atoms with Crippen molar-refractivity contribution in [2.24, 2.45) is 10.7 Å². The molecule has 0 radical (unpaired) electrons. The van der Waals surface area contributed by atoms with E-state index in [2.05, 4.69) is 37.2 Å². The molecule has 8 nitrogen and oxygen atoms in total. The zero-order valence-electron chi connectivity index (χ0n) is 14.6. The molecule has 1 aliphatic rings. The van der Waals surface area contributed by atoms with Crippen LogP contribution in [0.5, 0.6) is 0 Å². The maximum absolute atomic E-state index is 6.10. The summed E-state index contributed by atoms with van der Waals surface area (Å²) in [5, 5.41) is 4.11. The molecule has 0 aliphatic carbocycles. The highest BCUT2D eigenvalue weighted by Crippen LogP contribution is 2.22. The van der Waals surface area contributed by atoms with E-state index in [4.69, 9.17) is 11.5 Å². The number of anilines is 2. The first-order valence-corrected chi connectivity index (χ1v) is 8.34. The molecular formula is C17H24N8. The Morgan fingerprint density at radius 1 is 1.28 bits per heavy atom. The first kappa shape index (κ1) is 17.1. The number of allylic oxidation sites excluding steroid dienone is 1. The summed E-state index contributed by atoms with van der Waals surface area (Å²) < 4.78 is 0. The molecule has 132 valence electrons. The second kappa shape index (κ2) is 7.43. The molecular weight excluding hydrogens is 316 g/mol. The molecule has 1 fully saturated rings. The minimum atomic E-state index is 0.350. The van der Waals surface area contributed by atoms with Gasteiger partial charge in [-0.3, -0.25) is 4.99 Å². The molecule has 5 N–H and O–H groups in total. The lowest BCUT2D eigenvalue weighted by atomic mass is 10.1. The molecule has 0 aromatic carbocycles. The predicted molar refractivity (Wildman–Crippen MR) is 102 cm³/mol. The molecule has 2 aromatic rings. The highest BCUT2D eigenvalue weighted by atomic mass is 15.2. The molecule has 0 atom stereocenters. The van der Waals surface area contributed by atoms with Crippen LogP contribution in [-0.2, 0) is 0 Å². The normalized spacial score (nSPS) is 17.4. The number of piperidine rings is 1. The Balaban J connectivity index is 1.90. The molecule has 3 rings (SSSR count). The van der Waals surface area contributed by atoms with Gasteiger partial charge in [-0.05, 0) is 45.1 Å². The van der Waals surface area contributed by atoms with Crippen LogP contribution >= 0.6 is 0 Å². The number of hydrogen-bond donors (Lipinski definition) is 3. The Labute approximate surface area is 147 Å². The van der Waals surface area contributed by atoms with Gasteiger partial charge in [0.15, 0.2) is 5.65 Å². The van der Waals surface area contributed by atoms with Crippen LogP contribution in [0.2, 0.25) is 0 Å². The smallest absolute Gasteiger partial charge is 0.226 e. The quantitative estimate of drug-likeness (QED) is 0.713. The molecule has 0 saturated carbocycles. The van der Waals surface area contributed by atoms with Crippen LogP contribution in [-0.4, -0.2) is 59.3 Å². The maximum atomic E-state index is 6.10. The number of rotatable bonds is 4. The van der Waals surface area contributed by atoms with E-state index < -0.39 is 0 Å². The van der Waals surface area contributed by atoms with Gasteiger partial charge in [0.1, 0.15) is 5.82 Å². The molecule has 8 heteroatoms. The van der Waals surface area contributed by atoms with Crippen LogP contribution < -0.4 is 16.8 Å². The van der Waals surface area contributed by atoms with E-state index in [1.807, 2.05) is 12.1 Å². The summed E-state index contributed by atoms with van der Waals surface area (Å²) >= 11 is 0. The molecule has 1 saturated heterocycles. The van der Waals surface area contributed by atoms with E-state index in [9.17, 15) is 0 Å². The number of aromatic nitrogens is 3. The van der Waals surface area contributed by atoms with Crippen molar-refractivity contribution < 1.29 is 0 Å². The first-order chi connectivity index (χ1) is 12.1. The number of pyridine rings is 1. The lowest BCUT2D eigenvalue weighted by Crippen LogP contribution is -2.37. The van der Waals surface area contributed by atoms with Crippen molar-refractivity contribution in [2.45, 2.75) is 18.9 Å². The average Bonchev–Trinajstić information content (AvgIpc) is 2.61. The van der Waals surface area contributed by atoms with Gasteiger partial charge in [0, 0.05) is 31.1 Å². The largest absolute Gasteiger partial charge is 0.404 e. The Morgan fingerprint density at radius 2 is 2.04 bits per heavy atom. The average molecular weight is 340 g/mol. The third kappa shape index (κ3) is 3.85. The van der Waals surface area contributed by atoms with Crippen LogP contribution in [0.25, 0.3) is 16.6 Å². The van der Waals surface area contributed by atoms with Crippen molar-refractivity contribution in [3.63, 3.8) is 0 Å². The van der Waals surface area contributed by atoms with Gasteiger partial charge in [0.05, 0.1) is 11.1 Å². The fourth-order valence-corrected chi connectivity index (χ4v) is 2.93. The van der Waals surface area contributed by atoms with Crippen LogP contribution in [0.15, 0.2) is 23.3 Å². The highest BCUT2D eigenvalue weighted by molar-refractivity contribution is 6.09. The summed E-state index contributed by atoms with van der Waals surface area (Å²) in [6.45, 7) is 2.12. The van der Waals surface area contributed by atoms with Gasteiger partial charge in [0.25, 0.3) is 0 Å². The number of fused-ring (bicyclic) bond motifs is 1. The molecule has 1 aliphatic heterocycles. The second-order valence-electron chi connectivity index (χ2n) is 6.23. The topological polar surface area (TPSA) is 118 Å². The third-order valence-corrected chi connectivity index (χ3v) is 4.38. The summed E-state index contributed by atoms with van der Waals surface area (Å²) in [5.74, 6) is 0.938. The first-order valence-electron chi connectivity index (χ1n) is 8.34. The molecule has 3 heterocycles. The fraction of sp³-hybridized carbons (Fsp3) is 0.412. The second-order valence-corrected chi connectivity index (χ2v) is 6.23. The van der Waals surface area contributed by atoms with Gasteiger partial charge in [-0.25, -0.2) is 4.98 Å². The van der Waals surface area contributed by atoms with E-state index in [1.54, 1.807) is 13.3 Å². The number of likely N-dealkylation sites (tertiary alicyclic amines) is 1. The van der Waals surface area contributed by atoms with Crippen LogP contribution in [0.3, 0.4) is 0 Å². The maximum Gasteiger partial charge on any atom is 0.226 e. The monoisotopic (exact) mass is 340 g/mol.